The van der Waals surface area contributed by atoms with Gasteiger partial charge in [0.05, 0.1) is 18.4 Å². The van der Waals surface area contributed by atoms with E-state index in [1.807, 2.05) is 25.1 Å². The Balaban J connectivity index is 2.49. The first-order chi connectivity index (χ1) is 9.20. The SMILES string of the molecule is CN(C)c1ccc(NC(=O)CNC(=O)C(C)(C)C)cn1. The van der Waals surface area contributed by atoms with E-state index >= 15 is 0 Å². The third kappa shape index (κ3) is 4.87. The number of anilines is 2. The fourth-order valence-electron chi connectivity index (χ4n) is 1.36. The van der Waals surface area contributed by atoms with E-state index in [4.69, 9.17) is 0 Å². The van der Waals surface area contributed by atoms with Crippen LogP contribution in [0.5, 0.6) is 0 Å². The predicted molar refractivity (Wildman–Crippen MR) is 79.7 cm³/mol. The highest BCUT2D eigenvalue weighted by Gasteiger charge is 2.21. The van der Waals surface area contributed by atoms with E-state index in [0.29, 0.717) is 5.69 Å². The molecule has 0 spiro atoms. The summed E-state index contributed by atoms with van der Waals surface area (Å²) in [5, 5.41) is 5.27. The summed E-state index contributed by atoms with van der Waals surface area (Å²) in [7, 11) is 3.78. The van der Waals surface area contributed by atoms with E-state index in [9.17, 15) is 9.59 Å². The number of hydrogen-bond acceptors (Lipinski definition) is 4. The van der Waals surface area contributed by atoms with Crippen molar-refractivity contribution < 1.29 is 9.59 Å². The molecule has 6 nitrogen and oxygen atoms in total. The zero-order chi connectivity index (χ0) is 15.3. The quantitative estimate of drug-likeness (QED) is 0.869. The number of nitrogens with zero attached hydrogens (tertiary/aromatic N) is 2. The first kappa shape index (κ1) is 15.9. The summed E-state index contributed by atoms with van der Waals surface area (Å²) >= 11 is 0. The summed E-state index contributed by atoms with van der Waals surface area (Å²) in [5.74, 6) is 0.375. The number of rotatable bonds is 4. The summed E-state index contributed by atoms with van der Waals surface area (Å²) in [4.78, 5) is 29.4. The van der Waals surface area contributed by atoms with Crippen LogP contribution in [-0.4, -0.2) is 37.4 Å². The minimum Gasteiger partial charge on any atom is -0.363 e. The van der Waals surface area contributed by atoms with Gasteiger partial charge in [-0.05, 0) is 12.1 Å². The lowest BCUT2D eigenvalue weighted by atomic mass is 9.96. The van der Waals surface area contributed by atoms with Gasteiger partial charge in [0.15, 0.2) is 0 Å². The second-order valence-corrected chi connectivity index (χ2v) is 5.78. The van der Waals surface area contributed by atoms with E-state index in [1.54, 1.807) is 33.0 Å². The third-order valence-corrected chi connectivity index (χ3v) is 2.58. The molecule has 0 aliphatic heterocycles. The van der Waals surface area contributed by atoms with Crippen molar-refractivity contribution in [3.8, 4) is 0 Å². The molecule has 20 heavy (non-hydrogen) atoms. The molecule has 0 atom stereocenters. The molecule has 0 aliphatic carbocycles. The van der Waals surface area contributed by atoms with E-state index in [0.717, 1.165) is 5.82 Å². The zero-order valence-electron chi connectivity index (χ0n) is 12.7. The van der Waals surface area contributed by atoms with Gasteiger partial charge in [-0.2, -0.15) is 0 Å². The zero-order valence-corrected chi connectivity index (χ0v) is 12.7. The molecule has 0 unspecified atom stereocenters. The topological polar surface area (TPSA) is 74.3 Å². The highest BCUT2D eigenvalue weighted by atomic mass is 16.2. The van der Waals surface area contributed by atoms with Gasteiger partial charge in [0, 0.05) is 19.5 Å². The van der Waals surface area contributed by atoms with E-state index < -0.39 is 5.41 Å². The normalized spacial score (nSPS) is 10.8. The smallest absolute Gasteiger partial charge is 0.243 e. The largest absolute Gasteiger partial charge is 0.363 e. The molecule has 1 heterocycles. The number of aromatic nitrogens is 1. The summed E-state index contributed by atoms with van der Waals surface area (Å²) in [6.45, 7) is 5.34. The van der Waals surface area contributed by atoms with Crippen molar-refractivity contribution in [2.45, 2.75) is 20.8 Å². The molecule has 2 amide bonds. The van der Waals surface area contributed by atoms with Crippen molar-refractivity contribution in [1.82, 2.24) is 10.3 Å². The van der Waals surface area contributed by atoms with Crippen LogP contribution in [0.2, 0.25) is 0 Å². The Bertz CT molecular complexity index is 475. The Kier molecular flexibility index (Phi) is 5.07. The third-order valence-electron chi connectivity index (χ3n) is 2.58. The molecule has 2 N–H and O–H groups in total. The Labute approximate surface area is 119 Å². The van der Waals surface area contributed by atoms with Crippen molar-refractivity contribution in [3.05, 3.63) is 18.3 Å². The number of carbonyl (C=O) groups is 2. The molecule has 1 rings (SSSR count). The number of nitrogens with one attached hydrogen (secondary N) is 2. The molecule has 0 radical (unpaired) electrons. The van der Waals surface area contributed by atoms with Crippen molar-refractivity contribution in [2.75, 3.05) is 30.9 Å². The van der Waals surface area contributed by atoms with Gasteiger partial charge in [-0.25, -0.2) is 4.98 Å². The standard InChI is InChI=1S/C14H22N4O2/c1-14(2,3)13(20)16-9-12(19)17-10-6-7-11(15-8-10)18(4)5/h6-8H,9H2,1-5H3,(H,16,20)(H,17,19). The second kappa shape index (κ2) is 6.36. The average Bonchev–Trinajstić information content (AvgIpc) is 2.35. The predicted octanol–water partition coefficient (Wildman–Crippen LogP) is 1.25. The van der Waals surface area contributed by atoms with Crippen molar-refractivity contribution in [2.24, 2.45) is 5.41 Å². The average molecular weight is 278 g/mol. The van der Waals surface area contributed by atoms with Crippen molar-refractivity contribution in [1.29, 1.82) is 0 Å². The number of pyridine rings is 1. The molecule has 0 aromatic carbocycles. The van der Waals surface area contributed by atoms with Crippen LogP contribution in [0.3, 0.4) is 0 Å². The van der Waals surface area contributed by atoms with Gasteiger partial charge in [0.2, 0.25) is 11.8 Å². The Morgan fingerprint density at radius 1 is 1.25 bits per heavy atom. The summed E-state index contributed by atoms with van der Waals surface area (Å²) < 4.78 is 0. The van der Waals surface area contributed by atoms with Crippen LogP contribution in [0.1, 0.15) is 20.8 Å². The Hall–Kier alpha value is -2.11. The van der Waals surface area contributed by atoms with Crippen LogP contribution >= 0.6 is 0 Å². The van der Waals surface area contributed by atoms with Gasteiger partial charge in [0.25, 0.3) is 0 Å². The first-order valence-electron chi connectivity index (χ1n) is 6.41. The lowest BCUT2D eigenvalue weighted by molar-refractivity contribution is -0.130. The molecule has 0 bridgehead atoms. The molecule has 0 saturated heterocycles. The summed E-state index contributed by atoms with van der Waals surface area (Å²) in [6, 6.07) is 3.58. The Morgan fingerprint density at radius 3 is 2.35 bits per heavy atom. The van der Waals surface area contributed by atoms with Crippen LogP contribution in [0.15, 0.2) is 18.3 Å². The molecular formula is C14H22N4O2. The molecule has 1 aromatic heterocycles. The maximum absolute atomic E-state index is 11.7. The maximum atomic E-state index is 11.7. The number of hydrogen-bond donors (Lipinski definition) is 2. The van der Waals surface area contributed by atoms with E-state index in [2.05, 4.69) is 15.6 Å². The van der Waals surface area contributed by atoms with Gasteiger partial charge in [-0.1, -0.05) is 20.8 Å². The molecular weight excluding hydrogens is 256 g/mol. The lowest BCUT2D eigenvalue weighted by Gasteiger charge is -2.17. The first-order valence-corrected chi connectivity index (χ1v) is 6.41. The molecule has 0 fully saturated rings. The molecule has 110 valence electrons. The van der Waals surface area contributed by atoms with Crippen LogP contribution in [0, 0.1) is 5.41 Å². The second-order valence-electron chi connectivity index (χ2n) is 5.78. The minimum atomic E-state index is -0.505. The molecule has 6 heteroatoms. The fraction of sp³-hybridized carbons (Fsp3) is 0.500. The summed E-state index contributed by atoms with van der Waals surface area (Å²) in [5.41, 5.74) is 0.0976. The van der Waals surface area contributed by atoms with E-state index in [1.165, 1.54) is 0 Å². The Morgan fingerprint density at radius 2 is 1.90 bits per heavy atom. The number of amides is 2. The molecule has 0 aliphatic rings. The van der Waals surface area contributed by atoms with E-state index in [-0.39, 0.29) is 18.4 Å². The van der Waals surface area contributed by atoms with Crippen LogP contribution in [-0.2, 0) is 9.59 Å². The van der Waals surface area contributed by atoms with Crippen LogP contribution in [0.4, 0.5) is 11.5 Å². The summed E-state index contributed by atoms with van der Waals surface area (Å²) in [6.07, 6.45) is 1.58. The van der Waals surface area contributed by atoms with Crippen LogP contribution < -0.4 is 15.5 Å². The van der Waals surface area contributed by atoms with Gasteiger partial charge < -0.3 is 15.5 Å². The minimum absolute atomic E-state index is 0.0501. The van der Waals surface area contributed by atoms with Gasteiger partial charge in [0.1, 0.15) is 5.82 Å². The maximum Gasteiger partial charge on any atom is 0.243 e. The molecule has 0 saturated carbocycles. The fourth-order valence-corrected chi connectivity index (χ4v) is 1.36. The van der Waals surface area contributed by atoms with Gasteiger partial charge in [-0.15, -0.1) is 0 Å². The number of carbonyl (C=O) groups excluding carboxylic acids is 2. The van der Waals surface area contributed by atoms with Gasteiger partial charge in [-0.3, -0.25) is 9.59 Å². The monoisotopic (exact) mass is 278 g/mol. The van der Waals surface area contributed by atoms with Gasteiger partial charge >= 0.3 is 0 Å². The molecule has 1 aromatic rings. The van der Waals surface area contributed by atoms with Crippen molar-refractivity contribution >= 4 is 23.3 Å². The highest BCUT2D eigenvalue weighted by Crippen LogP contribution is 2.13. The van der Waals surface area contributed by atoms with Crippen molar-refractivity contribution in [3.63, 3.8) is 0 Å². The highest BCUT2D eigenvalue weighted by molar-refractivity contribution is 5.95. The van der Waals surface area contributed by atoms with Crippen LogP contribution in [0.25, 0.3) is 0 Å². The lowest BCUT2D eigenvalue weighted by Crippen LogP contribution is -2.39.